The zero-order valence-electron chi connectivity index (χ0n) is 10.1. The number of nitrogens with one attached hydrogen (secondary N) is 1. The van der Waals surface area contributed by atoms with Gasteiger partial charge in [0.05, 0.1) is 12.1 Å². The molecule has 2 unspecified atom stereocenters. The maximum atomic E-state index is 13.2. The number of rotatable bonds is 4. The number of benzene rings is 1. The van der Waals surface area contributed by atoms with Crippen molar-refractivity contribution < 1.29 is 13.9 Å². The molecule has 1 aromatic carbocycles. The van der Waals surface area contributed by atoms with Crippen molar-refractivity contribution in [3.05, 3.63) is 34.1 Å². The molecule has 1 saturated heterocycles. The molecule has 0 spiro atoms. The minimum atomic E-state index is -0.332. The minimum Gasteiger partial charge on any atom is -0.380 e. The predicted octanol–water partition coefficient (Wildman–Crippen LogP) is 2.08. The molecule has 98 valence electrons. The molecule has 18 heavy (non-hydrogen) atoms. The van der Waals surface area contributed by atoms with Crippen LogP contribution in [0.15, 0.2) is 22.7 Å². The van der Waals surface area contributed by atoms with Gasteiger partial charge >= 0.3 is 0 Å². The number of Topliss-reactive ketones (excluding diaryl/α,β-unsaturated/α-hetero) is 1. The summed E-state index contributed by atoms with van der Waals surface area (Å²) in [4.78, 5) is 12.0. The van der Waals surface area contributed by atoms with Crippen LogP contribution in [0.25, 0.3) is 0 Å². The molecule has 1 heterocycles. The molecule has 0 saturated carbocycles. The lowest BCUT2D eigenvalue weighted by molar-refractivity contribution is -0.120. The summed E-state index contributed by atoms with van der Waals surface area (Å²) in [6, 6.07) is 4.36. The smallest absolute Gasteiger partial charge is 0.154 e. The van der Waals surface area contributed by atoms with Gasteiger partial charge in [0.25, 0.3) is 0 Å². The van der Waals surface area contributed by atoms with Crippen LogP contribution >= 0.6 is 15.9 Å². The van der Waals surface area contributed by atoms with E-state index in [9.17, 15) is 9.18 Å². The maximum absolute atomic E-state index is 13.2. The van der Waals surface area contributed by atoms with E-state index in [1.54, 1.807) is 13.2 Å². The van der Waals surface area contributed by atoms with Crippen LogP contribution in [0, 0.1) is 5.82 Å². The van der Waals surface area contributed by atoms with Gasteiger partial charge in [0.15, 0.2) is 5.78 Å². The Balaban J connectivity index is 1.99. The SMILES string of the molecule is COC1CNC(C(=O)Cc2cc(F)cc(Br)c2)C1. The van der Waals surface area contributed by atoms with Gasteiger partial charge < -0.3 is 10.1 Å². The van der Waals surface area contributed by atoms with Crippen molar-refractivity contribution in [3.63, 3.8) is 0 Å². The quantitative estimate of drug-likeness (QED) is 0.924. The number of ketones is 1. The fourth-order valence-corrected chi connectivity index (χ4v) is 2.68. The Morgan fingerprint density at radius 3 is 2.94 bits per heavy atom. The first-order valence-corrected chi connectivity index (χ1v) is 6.61. The number of hydrogen-bond donors (Lipinski definition) is 1. The van der Waals surface area contributed by atoms with Crippen LogP contribution < -0.4 is 5.32 Å². The molecule has 1 fully saturated rings. The van der Waals surface area contributed by atoms with Crippen molar-refractivity contribution in [3.8, 4) is 0 Å². The molecule has 0 bridgehead atoms. The van der Waals surface area contributed by atoms with Gasteiger partial charge in [0.1, 0.15) is 5.82 Å². The van der Waals surface area contributed by atoms with E-state index >= 15 is 0 Å². The van der Waals surface area contributed by atoms with Crippen molar-refractivity contribution in [2.45, 2.75) is 25.0 Å². The highest BCUT2D eigenvalue weighted by atomic mass is 79.9. The predicted molar refractivity (Wildman–Crippen MR) is 70.0 cm³/mol. The second-order valence-electron chi connectivity index (χ2n) is 4.48. The van der Waals surface area contributed by atoms with E-state index in [0.29, 0.717) is 23.0 Å². The van der Waals surface area contributed by atoms with Gasteiger partial charge in [-0.15, -0.1) is 0 Å². The van der Waals surface area contributed by atoms with E-state index in [0.717, 1.165) is 0 Å². The minimum absolute atomic E-state index is 0.0760. The molecule has 1 N–H and O–H groups in total. The monoisotopic (exact) mass is 315 g/mol. The van der Waals surface area contributed by atoms with Crippen LogP contribution in [0.1, 0.15) is 12.0 Å². The lowest BCUT2D eigenvalue weighted by atomic mass is 10.0. The van der Waals surface area contributed by atoms with Gasteiger partial charge in [-0.1, -0.05) is 15.9 Å². The van der Waals surface area contributed by atoms with Crippen LogP contribution in [-0.4, -0.2) is 31.6 Å². The van der Waals surface area contributed by atoms with Crippen LogP contribution in [-0.2, 0) is 16.0 Å². The third kappa shape index (κ3) is 3.37. The van der Waals surface area contributed by atoms with Crippen molar-refractivity contribution in [1.29, 1.82) is 0 Å². The average molecular weight is 316 g/mol. The lowest BCUT2D eigenvalue weighted by Crippen LogP contribution is -2.31. The first kappa shape index (κ1) is 13.6. The Bertz CT molecular complexity index is 432. The second-order valence-corrected chi connectivity index (χ2v) is 5.39. The summed E-state index contributed by atoms with van der Waals surface area (Å²) in [5.41, 5.74) is 0.689. The van der Waals surface area contributed by atoms with E-state index in [1.165, 1.54) is 12.1 Å². The molecule has 2 atom stereocenters. The summed E-state index contributed by atoms with van der Waals surface area (Å²) >= 11 is 3.22. The Hall–Kier alpha value is -0.780. The first-order chi connectivity index (χ1) is 8.58. The van der Waals surface area contributed by atoms with E-state index in [1.807, 2.05) is 0 Å². The molecule has 0 aliphatic carbocycles. The fourth-order valence-electron chi connectivity index (χ4n) is 2.17. The molecule has 0 radical (unpaired) electrons. The van der Waals surface area contributed by atoms with Gasteiger partial charge in [-0.25, -0.2) is 4.39 Å². The third-order valence-electron chi connectivity index (χ3n) is 3.11. The Morgan fingerprint density at radius 2 is 2.33 bits per heavy atom. The number of hydrogen-bond acceptors (Lipinski definition) is 3. The van der Waals surface area contributed by atoms with E-state index in [4.69, 9.17) is 4.74 Å². The molecule has 1 aromatic rings. The van der Waals surface area contributed by atoms with Crippen LogP contribution in [0.2, 0.25) is 0 Å². The second kappa shape index (κ2) is 5.91. The first-order valence-electron chi connectivity index (χ1n) is 5.82. The normalized spacial score (nSPS) is 23.3. The van der Waals surface area contributed by atoms with E-state index < -0.39 is 0 Å². The summed E-state index contributed by atoms with van der Waals surface area (Å²) < 4.78 is 19.0. The molecular formula is C13H15BrFNO2. The third-order valence-corrected chi connectivity index (χ3v) is 3.57. The summed E-state index contributed by atoms with van der Waals surface area (Å²) in [6.07, 6.45) is 1.02. The van der Waals surface area contributed by atoms with Gasteiger partial charge in [-0.3, -0.25) is 4.79 Å². The van der Waals surface area contributed by atoms with Gasteiger partial charge in [-0.05, 0) is 30.2 Å². The van der Waals surface area contributed by atoms with Crippen molar-refractivity contribution in [1.82, 2.24) is 5.32 Å². The van der Waals surface area contributed by atoms with Crippen LogP contribution in [0.3, 0.4) is 0 Å². The van der Waals surface area contributed by atoms with E-state index in [-0.39, 0.29) is 30.2 Å². The number of halogens is 2. The molecule has 2 rings (SSSR count). The van der Waals surface area contributed by atoms with Crippen molar-refractivity contribution in [2.75, 3.05) is 13.7 Å². The molecular weight excluding hydrogens is 301 g/mol. The van der Waals surface area contributed by atoms with Crippen LogP contribution in [0.4, 0.5) is 4.39 Å². The number of carbonyl (C=O) groups excluding carboxylic acids is 1. The highest BCUT2D eigenvalue weighted by Crippen LogP contribution is 2.17. The van der Waals surface area contributed by atoms with Crippen molar-refractivity contribution in [2.24, 2.45) is 0 Å². The highest BCUT2D eigenvalue weighted by molar-refractivity contribution is 9.10. The van der Waals surface area contributed by atoms with Crippen molar-refractivity contribution >= 4 is 21.7 Å². The number of carbonyl (C=O) groups is 1. The maximum Gasteiger partial charge on any atom is 0.154 e. The zero-order chi connectivity index (χ0) is 13.1. The summed E-state index contributed by atoms with van der Waals surface area (Å²) in [6.45, 7) is 0.694. The summed E-state index contributed by atoms with van der Waals surface area (Å²) in [7, 11) is 1.64. The number of ether oxygens (including phenoxy) is 1. The topological polar surface area (TPSA) is 38.3 Å². The molecule has 0 aromatic heterocycles. The molecule has 5 heteroatoms. The standard InChI is InChI=1S/C13H15BrFNO2/c1-18-11-6-12(16-7-11)13(17)4-8-2-9(14)5-10(15)3-8/h2-3,5,11-12,16H,4,6-7H2,1H3. The largest absolute Gasteiger partial charge is 0.380 e. The Labute approximate surface area is 114 Å². The molecule has 3 nitrogen and oxygen atoms in total. The zero-order valence-corrected chi connectivity index (χ0v) is 11.7. The molecule has 1 aliphatic heterocycles. The molecule has 0 amide bonds. The van der Waals surface area contributed by atoms with Gasteiger partial charge in [0.2, 0.25) is 0 Å². The van der Waals surface area contributed by atoms with Gasteiger partial charge in [0, 0.05) is 24.5 Å². The summed E-state index contributed by atoms with van der Waals surface area (Å²) in [5.74, 6) is -0.256. The van der Waals surface area contributed by atoms with E-state index in [2.05, 4.69) is 21.2 Å². The fraction of sp³-hybridized carbons (Fsp3) is 0.462. The Morgan fingerprint density at radius 1 is 1.56 bits per heavy atom. The Kier molecular flexibility index (Phi) is 4.48. The molecule has 1 aliphatic rings. The highest BCUT2D eigenvalue weighted by Gasteiger charge is 2.28. The average Bonchev–Trinajstić information content (AvgIpc) is 2.75. The van der Waals surface area contributed by atoms with Gasteiger partial charge in [-0.2, -0.15) is 0 Å². The lowest BCUT2D eigenvalue weighted by Gasteiger charge is -2.09. The number of methoxy groups -OCH3 is 1. The van der Waals surface area contributed by atoms with Crippen LogP contribution in [0.5, 0.6) is 0 Å². The summed E-state index contributed by atoms with van der Waals surface area (Å²) in [5, 5.41) is 3.13.